The third-order valence-electron chi connectivity index (χ3n) is 2.70. The number of aromatic nitrogens is 2. The van der Waals surface area contributed by atoms with Crippen LogP contribution in [-0.4, -0.2) is 16.0 Å². The van der Waals surface area contributed by atoms with Gasteiger partial charge in [-0.15, -0.1) is 0 Å². The Balaban J connectivity index is 2.50. The molecule has 0 radical (unpaired) electrons. The number of halogens is 3. The standard InChI is InChI=1S/C13H11F3N2O2/c1-9(20-8-19)18-7-11(10-5-3-2-4-6-10)17-12(18)13(14,15)16/h2-9H,1H3. The Morgan fingerprint density at radius 1 is 1.30 bits per heavy atom. The minimum absolute atomic E-state index is 0.104. The van der Waals surface area contributed by atoms with Crippen LogP contribution in [0.25, 0.3) is 11.3 Å². The van der Waals surface area contributed by atoms with Crippen LogP contribution in [0.4, 0.5) is 13.2 Å². The maximum Gasteiger partial charge on any atom is 0.449 e. The predicted molar refractivity (Wildman–Crippen MR) is 64.5 cm³/mol. The second-order valence-electron chi connectivity index (χ2n) is 4.05. The lowest BCUT2D eigenvalue weighted by molar-refractivity contribution is -0.155. The minimum atomic E-state index is -4.63. The Bertz CT molecular complexity index is 593. The van der Waals surface area contributed by atoms with E-state index in [-0.39, 0.29) is 12.2 Å². The lowest BCUT2D eigenvalue weighted by Crippen LogP contribution is -2.18. The van der Waals surface area contributed by atoms with E-state index < -0.39 is 18.2 Å². The second-order valence-corrected chi connectivity index (χ2v) is 4.05. The molecule has 20 heavy (non-hydrogen) atoms. The summed E-state index contributed by atoms with van der Waals surface area (Å²) in [5.41, 5.74) is 0.717. The van der Waals surface area contributed by atoms with E-state index >= 15 is 0 Å². The molecule has 1 unspecified atom stereocenters. The van der Waals surface area contributed by atoms with E-state index in [2.05, 4.69) is 9.72 Å². The van der Waals surface area contributed by atoms with Crippen molar-refractivity contribution in [1.82, 2.24) is 9.55 Å². The maximum atomic E-state index is 13.0. The fourth-order valence-corrected chi connectivity index (χ4v) is 1.77. The Hall–Kier alpha value is -2.31. The smallest absolute Gasteiger partial charge is 0.444 e. The summed E-state index contributed by atoms with van der Waals surface area (Å²) in [5.74, 6) is -1.11. The van der Waals surface area contributed by atoms with E-state index in [9.17, 15) is 18.0 Å². The van der Waals surface area contributed by atoms with Crippen LogP contribution in [-0.2, 0) is 15.7 Å². The Labute approximate surface area is 112 Å². The molecule has 106 valence electrons. The van der Waals surface area contributed by atoms with Crippen molar-refractivity contribution >= 4 is 6.47 Å². The molecule has 1 atom stereocenters. The first-order chi connectivity index (χ1) is 9.43. The molecule has 0 bridgehead atoms. The first-order valence-corrected chi connectivity index (χ1v) is 5.74. The SMILES string of the molecule is CC(OC=O)n1cc(-c2ccccc2)nc1C(F)(F)F. The molecule has 1 aromatic heterocycles. The van der Waals surface area contributed by atoms with Gasteiger partial charge in [0.05, 0.1) is 5.69 Å². The van der Waals surface area contributed by atoms with Crippen molar-refractivity contribution in [2.75, 3.05) is 0 Å². The molecule has 0 aliphatic rings. The molecule has 0 saturated heterocycles. The molecule has 0 N–H and O–H groups in total. The summed E-state index contributed by atoms with van der Waals surface area (Å²) in [6.07, 6.45) is -4.51. The summed E-state index contributed by atoms with van der Waals surface area (Å²) in [6.45, 7) is 1.44. The van der Waals surface area contributed by atoms with Gasteiger partial charge in [0, 0.05) is 11.8 Å². The van der Waals surface area contributed by atoms with Gasteiger partial charge in [-0.25, -0.2) is 4.98 Å². The largest absolute Gasteiger partial charge is 0.449 e. The van der Waals surface area contributed by atoms with Crippen molar-refractivity contribution in [3.8, 4) is 11.3 Å². The Morgan fingerprint density at radius 3 is 2.50 bits per heavy atom. The second kappa shape index (κ2) is 5.36. The number of nitrogens with zero attached hydrogens (tertiary/aromatic N) is 2. The molecule has 2 aromatic rings. The van der Waals surface area contributed by atoms with E-state index in [1.165, 1.54) is 13.1 Å². The van der Waals surface area contributed by atoms with E-state index in [1.54, 1.807) is 30.3 Å². The Kier molecular flexibility index (Phi) is 3.78. The van der Waals surface area contributed by atoms with Gasteiger partial charge in [0.15, 0.2) is 6.23 Å². The number of hydrogen-bond donors (Lipinski definition) is 0. The normalized spacial score (nSPS) is 13.0. The van der Waals surface area contributed by atoms with Gasteiger partial charge in [-0.1, -0.05) is 30.3 Å². The molecule has 7 heteroatoms. The molecule has 1 aromatic carbocycles. The molecule has 0 amide bonds. The van der Waals surface area contributed by atoms with Crippen molar-refractivity contribution in [2.24, 2.45) is 0 Å². The monoisotopic (exact) mass is 284 g/mol. The van der Waals surface area contributed by atoms with Crippen molar-refractivity contribution < 1.29 is 22.7 Å². The van der Waals surface area contributed by atoms with Crippen LogP contribution in [0.15, 0.2) is 36.5 Å². The molecule has 0 saturated carbocycles. The van der Waals surface area contributed by atoms with Gasteiger partial charge in [0.2, 0.25) is 5.82 Å². The Morgan fingerprint density at radius 2 is 1.95 bits per heavy atom. The van der Waals surface area contributed by atoms with Gasteiger partial charge >= 0.3 is 6.18 Å². The quantitative estimate of drug-likeness (QED) is 0.809. The maximum absolute atomic E-state index is 13.0. The number of rotatable bonds is 4. The van der Waals surface area contributed by atoms with E-state index in [0.29, 0.717) is 5.56 Å². The molecule has 0 spiro atoms. The number of hydrogen-bond acceptors (Lipinski definition) is 3. The molecular formula is C13H11F3N2O2. The number of imidazole rings is 1. The average Bonchev–Trinajstić information content (AvgIpc) is 2.85. The van der Waals surface area contributed by atoms with E-state index in [4.69, 9.17) is 0 Å². The third-order valence-corrected chi connectivity index (χ3v) is 2.70. The van der Waals surface area contributed by atoms with Gasteiger partial charge in [-0.3, -0.25) is 9.36 Å². The molecular weight excluding hydrogens is 273 g/mol. The van der Waals surface area contributed by atoms with Crippen LogP contribution in [0.3, 0.4) is 0 Å². The van der Waals surface area contributed by atoms with Crippen molar-refractivity contribution in [1.29, 1.82) is 0 Å². The topological polar surface area (TPSA) is 44.1 Å². The zero-order valence-electron chi connectivity index (χ0n) is 10.5. The summed E-state index contributed by atoms with van der Waals surface area (Å²) in [6, 6.07) is 8.46. The predicted octanol–water partition coefficient (Wildman–Crippen LogP) is 3.26. The first kappa shape index (κ1) is 14.1. The number of alkyl halides is 3. The van der Waals surface area contributed by atoms with Crippen molar-refractivity contribution in [3.05, 3.63) is 42.4 Å². The van der Waals surface area contributed by atoms with Crippen LogP contribution < -0.4 is 0 Å². The highest BCUT2D eigenvalue weighted by molar-refractivity contribution is 5.58. The number of carbonyl (C=O) groups excluding carboxylic acids is 1. The zero-order chi connectivity index (χ0) is 14.8. The molecule has 1 heterocycles. The lowest BCUT2D eigenvalue weighted by atomic mass is 10.2. The van der Waals surface area contributed by atoms with Crippen LogP contribution in [0.2, 0.25) is 0 Å². The number of carbonyl (C=O) groups is 1. The first-order valence-electron chi connectivity index (χ1n) is 5.74. The highest BCUT2D eigenvalue weighted by Crippen LogP contribution is 2.33. The third kappa shape index (κ3) is 2.81. The van der Waals surface area contributed by atoms with Crippen LogP contribution in [0.1, 0.15) is 19.0 Å². The average molecular weight is 284 g/mol. The fraction of sp³-hybridized carbons (Fsp3) is 0.231. The van der Waals surface area contributed by atoms with Crippen molar-refractivity contribution in [2.45, 2.75) is 19.3 Å². The number of benzene rings is 1. The zero-order valence-corrected chi connectivity index (χ0v) is 10.5. The van der Waals surface area contributed by atoms with Crippen molar-refractivity contribution in [3.63, 3.8) is 0 Å². The highest BCUT2D eigenvalue weighted by atomic mass is 19.4. The fourth-order valence-electron chi connectivity index (χ4n) is 1.77. The summed E-state index contributed by atoms with van der Waals surface area (Å²) in [5, 5.41) is 0. The van der Waals surface area contributed by atoms with Crippen LogP contribution >= 0.6 is 0 Å². The van der Waals surface area contributed by atoms with Crippen LogP contribution in [0.5, 0.6) is 0 Å². The van der Waals surface area contributed by atoms with Crippen LogP contribution in [0, 0.1) is 0 Å². The van der Waals surface area contributed by atoms with E-state index in [1.807, 2.05) is 0 Å². The van der Waals surface area contributed by atoms with Gasteiger partial charge in [-0.05, 0) is 6.92 Å². The molecule has 4 nitrogen and oxygen atoms in total. The number of ether oxygens (including phenoxy) is 1. The minimum Gasteiger partial charge on any atom is -0.444 e. The molecule has 0 fully saturated rings. The van der Waals surface area contributed by atoms with Gasteiger partial charge in [0.25, 0.3) is 6.47 Å². The van der Waals surface area contributed by atoms with Gasteiger partial charge in [0.1, 0.15) is 0 Å². The highest BCUT2D eigenvalue weighted by Gasteiger charge is 2.38. The molecule has 0 aliphatic carbocycles. The molecule has 0 aliphatic heterocycles. The summed E-state index contributed by atoms with van der Waals surface area (Å²) >= 11 is 0. The summed E-state index contributed by atoms with van der Waals surface area (Å²) < 4.78 is 44.2. The summed E-state index contributed by atoms with van der Waals surface area (Å²) in [4.78, 5) is 13.9. The lowest BCUT2D eigenvalue weighted by Gasteiger charge is -2.15. The molecule has 2 rings (SSSR count). The van der Waals surface area contributed by atoms with Gasteiger partial charge < -0.3 is 4.74 Å². The summed E-state index contributed by atoms with van der Waals surface area (Å²) in [7, 11) is 0. The van der Waals surface area contributed by atoms with Gasteiger partial charge in [-0.2, -0.15) is 13.2 Å². The van der Waals surface area contributed by atoms with E-state index in [0.717, 1.165) is 4.57 Å².